The van der Waals surface area contributed by atoms with Crippen LogP contribution in [0.4, 0.5) is 11.4 Å². The standard InChI is InChI=1S/C25H28N4O4S/c1-4-33-23-16-14-22(15-17-23)29(34(31,32)24-8-6-5-7-9-24)19-25(30)27-26-18-20-10-12-21(13-11-20)28(2)3/h5-18H,4,19H2,1-3H3,(H,27,30)/b26-18-. The number of hydrazone groups is 1. The Kier molecular flexibility index (Phi) is 8.26. The van der Waals surface area contributed by atoms with Gasteiger partial charge in [0.25, 0.3) is 15.9 Å². The zero-order valence-corrected chi connectivity index (χ0v) is 20.2. The summed E-state index contributed by atoms with van der Waals surface area (Å²) in [4.78, 5) is 14.7. The molecule has 0 atom stereocenters. The van der Waals surface area contributed by atoms with Gasteiger partial charge in [0, 0.05) is 19.8 Å². The number of nitrogens with zero attached hydrogens (tertiary/aromatic N) is 3. The second kappa shape index (κ2) is 11.3. The van der Waals surface area contributed by atoms with Crippen molar-refractivity contribution in [3.63, 3.8) is 0 Å². The summed E-state index contributed by atoms with van der Waals surface area (Å²) >= 11 is 0. The first-order chi connectivity index (χ1) is 16.3. The van der Waals surface area contributed by atoms with E-state index in [1.54, 1.807) is 42.5 Å². The summed E-state index contributed by atoms with van der Waals surface area (Å²) in [5.74, 6) is 0.0344. The van der Waals surface area contributed by atoms with Gasteiger partial charge in [-0.25, -0.2) is 13.8 Å². The van der Waals surface area contributed by atoms with Crippen molar-refractivity contribution < 1.29 is 17.9 Å². The maximum absolute atomic E-state index is 13.3. The molecule has 0 bridgehead atoms. The molecule has 34 heavy (non-hydrogen) atoms. The number of anilines is 2. The summed E-state index contributed by atoms with van der Waals surface area (Å²) in [5, 5.41) is 3.98. The molecule has 3 rings (SSSR count). The minimum atomic E-state index is -3.99. The van der Waals surface area contributed by atoms with Crippen LogP contribution >= 0.6 is 0 Å². The van der Waals surface area contributed by atoms with E-state index in [1.165, 1.54) is 18.3 Å². The van der Waals surface area contributed by atoms with Crippen LogP contribution in [-0.4, -0.2) is 47.8 Å². The predicted octanol–water partition coefficient (Wildman–Crippen LogP) is 3.50. The third-order valence-corrected chi connectivity index (χ3v) is 6.65. The number of nitrogens with one attached hydrogen (secondary N) is 1. The van der Waals surface area contributed by atoms with E-state index in [4.69, 9.17) is 4.74 Å². The van der Waals surface area contributed by atoms with Gasteiger partial charge in [-0.15, -0.1) is 0 Å². The number of benzene rings is 3. The highest BCUT2D eigenvalue weighted by atomic mass is 32.2. The lowest BCUT2D eigenvalue weighted by Gasteiger charge is -2.24. The van der Waals surface area contributed by atoms with Crippen molar-refractivity contribution >= 4 is 33.5 Å². The molecule has 1 N–H and O–H groups in total. The zero-order chi connectivity index (χ0) is 24.6. The minimum Gasteiger partial charge on any atom is -0.494 e. The average molecular weight is 481 g/mol. The Morgan fingerprint density at radius 1 is 0.941 bits per heavy atom. The van der Waals surface area contributed by atoms with Gasteiger partial charge >= 0.3 is 0 Å². The molecule has 0 saturated heterocycles. The second-order valence-corrected chi connectivity index (χ2v) is 9.39. The lowest BCUT2D eigenvalue weighted by atomic mass is 10.2. The van der Waals surface area contributed by atoms with Crippen LogP contribution in [-0.2, 0) is 14.8 Å². The van der Waals surface area contributed by atoms with Crippen LogP contribution in [0.1, 0.15) is 12.5 Å². The first-order valence-electron chi connectivity index (χ1n) is 10.7. The molecule has 0 heterocycles. The van der Waals surface area contributed by atoms with Crippen molar-refractivity contribution in [1.29, 1.82) is 0 Å². The van der Waals surface area contributed by atoms with E-state index in [-0.39, 0.29) is 4.90 Å². The largest absolute Gasteiger partial charge is 0.494 e. The first-order valence-corrected chi connectivity index (χ1v) is 12.1. The molecule has 0 aliphatic carbocycles. The van der Waals surface area contributed by atoms with Crippen molar-refractivity contribution in [1.82, 2.24) is 5.43 Å². The molecule has 0 fully saturated rings. The molecule has 0 spiro atoms. The van der Waals surface area contributed by atoms with E-state index in [0.717, 1.165) is 15.6 Å². The minimum absolute atomic E-state index is 0.0844. The molecule has 178 valence electrons. The molecule has 3 aromatic rings. The van der Waals surface area contributed by atoms with E-state index >= 15 is 0 Å². The van der Waals surface area contributed by atoms with Crippen molar-refractivity contribution in [3.05, 3.63) is 84.4 Å². The zero-order valence-electron chi connectivity index (χ0n) is 19.4. The van der Waals surface area contributed by atoms with Gasteiger partial charge in [-0.3, -0.25) is 9.10 Å². The molecule has 8 nitrogen and oxygen atoms in total. The number of ether oxygens (including phenoxy) is 1. The Balaban J connectivity index is 1.78. The van der Waals surface area contributed by atoms with E-state index in [2.05, 4.69) is 10.5 Å². The summed E-state index contributed by atoms with van der Waals surface area (Å²) < 4.78 is 33.2. The Morgan fingerprint density at radius 3 is 2.15 bits per heavy atom. The van der Waals surface area contributed by atoms with Gasteiger partial charge in [0.1, 0.15) is 12.3 Å². The predicted molar refractivity (Wildman–Crippen MR) is 135 cm³/mol. The number of sulfonamides is 1. The van der Waals surface area contributed by atoms with Gasteiger partial charge in [0.2, 0.25) is 0 Å². The lowest BCUT2D eigenvalue weighted by Crippen LogP contribution is -2.39. The van der Waals surface area contributed by atoms with Crippen LogP contribution in [0.3, 0.4) is 0 Å². The molecule has 0 unspecified atom stereocenters. The van der Waals surface area contributed by atoms with E-state index < -0.39 is 22.5 Å². The number of carbonyl (C=O) groups is 1. The number of rotatable bonds is 10. The van der Waals surface area contributed by atoms with Gasteiger partial charge in [-0.05, 0) is 61.0 Å². The fraction of sp³-hybridized carbons (Fsp3) is 0.200. The highest BCUT2D eigenvalue weighted by Crippen LogP contribution is 2.25. The maximum Gasteiger partial charge on any atom is 0.264 e. The quantitative estimate of drug-likeness (QED) is 0.354. The second-order valence-electron chi connectivity index (χ2n) is 7.53. The van der Waals surface area contributed by atoms with Crippen LogP contribution in [0, 0.1) is 0 Å². The molecule has 0 aliphatic heterocycles. The molecule has 0 aliphatic rings. The third-order valence-electron chi connectivity index (χ3n) is 4.87. The molecule has 9 heteroatoms. The molecule has 0 saturated carbocycles. The normalized spacial score (nSPS) is 11.3. The van der Waals surface area contributed by atoms with Gasteiger partial charge in [0.15, 0.2) is 0 Å². The third kappa shape index (κ3) is 6.35. The number of hydrogen-bond acceptors (Lipinski definition) is 6. The first kappa shape index (κ1) is 24.8. The highest BCUT2D eigenvalue weighted by Gasteiger charge is 2.27. The molecule has 3 aromatic carbocycles. The van der Waals surface area contributed by atoms with Crippen LogP contribution < -0.4 is 19.4 Å². The Morgan fingerprint density at radius 2 is 1.56 bits per heavy atom. The van der Waals surface area contributed by atoms with Crippen molar-refractivity contribution in [3.8, 4) is 5.75 Å². The van der Waals surface area contributed by atoms with Gasteiger partial charge in [-0.1, -0.05) is 30.3 Å². The molecular weight excluding hydrogens is 452 g/mol. The molecular formula is C25H28N4O4S. The summed E-state index contributed by atoms with van der Waals surface area (Å²) in [6, 6.07) is 22.1. The van der Waals surface area contributed by atoms with Crippen LogP contribution in [0.2, 0.25) is 0 Å². The summed E-state index contributed by atoms with van der Waals surface area (Å²) in [5.41, 5.74) is 4.59. The summed E-state index contributed by atoms with van der Waals surface area (Å²) in [7, 11) is -0.0946. The molecule has 1 amide bonds. The van der Waals surface area contributed by atoms with E-state index in [0.29, 0.717) is 18.0 Å². The van der Waals surface area contributed by atoms with Crippen molar-refractivity contribution in [2.45, 2.75) is 11.8 Å². The fourth-order valence-corrected chi connectivity index (χ4v) is 4.56. The Labute approximate surface area is 200 Å². The van der Waals surface area contributed by atoms with Crippen molar-refractivity contribution in [2.24, 2.45) is 5.10 Å². The summed E-state index contributed by atoms with van der Waals surface area (Å²) in [6.45, 7) is 1.91. The highest BCUT2D eigenvalue weighted by molar-refractivity contribution is 7.92. The van der Waals surface area contributed by atoms with E-state index in [9.17, 15) is 13.2 Å². The number of amides is 1. The van der Waals surface area contributed by atoms with Gasteiger partial charge in [-0.2, -0.15) is 5.10 Å². The average Bonchev–Trinajstić information content (AvgIpc) is 2.84. The fourth-order valence-electron chi connectivity index (χ4n) is 3.11. The smallest absolute Gasteiger partial charge is 0.264 e. The Hall–Kier alpha value is -3.85. The Bertz CT molecular complexity index is 1210. The SMILES string of the molecule is CCOc1ccc(N(CC(=O)N/N=C\c2ccc(N(C)C)cc2)S(=O)(=O)c2ccccc2)cc1. The van der Waals surface area contributed by atoms with Crippen molar-refractivity contribution in [2.75, 3.05) is 36.5 Å². The van der Waals surface area contributed by atoms with Gasteiger partial charge in [0.05, 0.1) is 23.4 Å². The number of hydrogen-bond donors (Lipinski definition) is 1. The summed E-state index contributed by atoms with van der Waals surface area (Å²) in [6.07, 6.45) is 1.50. The van der Waals surface area contributed by atoms with Crippen LogP contribution in [0.25, 0.3) is 0 Å². The monoisotopic (exact) mass is 480 g/mol. The van der Waals surface area contributed by atoms with E-state index in [1.807, 2.05) is 50.2 Å². The number of carbonyl (C=O) groups excluding carboxylic acids is 1. The molecule has 0 aromatic heterocycles. The lowest BCUT2D eigenvalue weighted by molar-refractivity contribution is -0.119. The van der Waals surface area contributed by atoms with Gasteiger partial charge < -0.3 is 9.64 Å². The topological polar surface area (TPSA) is 91.3 Å². The van der Waals surface area contributed by atoms with Crippen LogP contribution in [0.5, 0.6) is 5.75 Å². The van der Waals surface area contributed by atoms with Crippen LogP contribution in [0.15, 0.2) is 88.9 Å². The molecule has 0 radical (unpaired) electrons. The maximum atomic E-state index is 13.3.